The summed E-state index contributed by atoms with van der Waals surface area (Å²) in [6, 6.07) is 11.0. The summed E-state index contributed by atoms with van der Waals surface area (Å²) in [5, 5.41) is 1.28. The van der Waals surface area contributed by atoms with Gasteiger partial charge in [-0.05, 0) is 42.8 Å². The van der Waals surface area contributed by atoms with Gasteiger partial charge in [-0.25, -0.2) is 0 Å². The zero-order chi connectivity index (χ0) is 18.0. The van der Waals surface area contributed by atoms with Crippen molar-refractivity contribution in [3.63, 3.8) is 0 Å². The molecule has 0 atom stereocenters. The van der Waals surface area contributed by atoms with Gasteiger partial charge in [0, 0.05) is 41.9 Å². The van der Waals surface area contributed by atoms with E-state index in [4.69, 9.17) is 27.9 Å². The standard InChI is InChI=1S/C19H20Cl2N2O2/c1-13-3-4-14(20)11-17(13)22-7-9-23(10-8-22)19(24)16-6-5-15(21)12-18(16)25-2/h3-6,11-12H,7-10H2,1-2H3. The first-order valence-electron chi connectivity index (χ1n) is 8.13. The van der Waals surface area contributed by atoms with Gasteiger partial charge >= 0.3 is 0 Å². The number of benzene rings is 2. The number of hydrogen-bond donors (Lipinski definition) is 0. The van der Waals surface area contributed by atoms with Crippen LogP contribution in [0.1, 0.15) is 15.9 Å². The quantitative estimate of drug-likeness (QED) is 0.799. The second-order valence-corrected chi connectivity index (χ2v) is 6.93. The molecule has 25 heavy (non-hydrogen) atoms. The third-order valence-electron chi connectivity index (χ3n) is 4.47. The normalized spacial score (nSPS) is 14.6. The van der Waals surface area contributed by atoms with E-state index >= 15 is 0 Å². The first-order valence-corrected chi connectivity index (χ1v) is 8.89. The van der Waals surface area contributed by atoms with E-state index < -0.39 is 0 Å². The van der Waals surface area contributed by atoms with Gasteiger partial charge in [0.15, 0.2) is 0 Å². The first kappa shape index (κ1) is 17.9. The maximum absolute atomic E-state index is 12.8. The number of amides is 1. The molecule has 132 valence electrons. The molecule has 1 aliphatic rings. The Balaban J connectivity index is 1.72. The molecule has 1 heterocycles. The van der Waals surface area contributed by atoms with Gasteiger partial charge in [0.2, 0.25) is 0 Å². The summed E-state index contributed by atoms with van der Waals surface area (Å²) in [5.74, 6) is 0.474. The number of methoxy groups -OCH3 is 1. The van der Waals surface area contributed by atoms with Crippen LogP contribution in [-0.4, -0.2) is 44.1 Å². The molecule has 0 radical (unpaired) electrons. The molecule has 1 amide bonds. The lowest BCUT2D eigenvalue weighted by atomic mass is 10.1. The molecule has 1 saturated heterocycles. The Labute approximate surface area is 157 Å². The summed E-state index contributed by atoms with van der Waals surface area (Å²) in [6.07, 6.45) is 0. The third-order valence-corrected chi connectivity index (χ3v) is 4.94. The molecule has 0 bridgehead atoms. The van der Waals surface area contributed by atoms with Crippen LogP contribution in [0.25, 0.3) is 0 Å². The Morgan fingerprint density at radius 3 is 2.32 bits per heavy atom. The molecule has 2 aromatic carbocycles. The molecule has 0 aliphatic carbocycles. The number of hydrogen-bond acceptors (Lipinski definition) is 3. The smallest absolute Gasteiger partial charge is 0.257 e. The SMILES string of the molecule is COc1cc(Cl)ccc1C(=O)N1CCN(c2cc(Cl)ccc2C)CC1. The number of piperazine rings is 1. The molecule has 0 spiro atoms. The predicted molar refractivity (Wildman–Crippen MR) is 102 cm³/mol. The van der Waals surface area contributed by atoms with Crippen molar-refractivity contribution in [1.29, 1.82) is 0 Å². The molecular formula is C19H20Cl2N2O2. The average molecular weight is 379 g/mol. The number of carbonyl (C=O) groups is 1. The largest absolute Gasteiger partial charge is 0.496 e. The fourth-order valence-corrected chi connectivity index (χ4v) is 3.41. The van der Waals surface area contributed by atoms with Crippen molar-refractivity contribution in [2.45, 2.75) is 6.92 Å². The minimum atomic E-state index is -0.0315. The summed E-state index contributed by atoms with van der Waals surface area (Å²) in [4.78, 5) is 16.9. The van der Waals surface area contributed by atoms with Crippen LogP contribution in [0.4, 0.5) is 5.69 Å². The Morgan fingerprint density at radius 2 is 1.64 bits per heavy atom. The molecular weight excluding hydrogens is 359 g/mol. The van der Waals surface area contributed by atoms with E-state index in [1.807, 2.05) is 23.1 Å². The summed E-state index contributed by atoms with van der Waals surface area (Å²) in [6.45, 7) is 4.90. The topological polar surface area (TPSA) is 32.8 Å². The molecule has 0 saturated carbocycles. The number of halogens is 2. The maximum Gasteiger partial charge on any atom is 0.257 e. The van der Waals surface area contributed by atoms with Crippen molar-refractivity contribution in [3.05, 3.63) is 57.6 Å². The molecule has 0 N–H and O–H groups in total. The van der Waals surface area contributed by atoms with Crippen LogP contribution >= 0.6 is 23.2 Å². The van der Waals surface area contributed by atoms with Gasteiger partial charge < -0.3 is 14.5 Å². The highest BCUT2D eigenvalue weighted by Gasteiger charge is 2.25. The number of aryl methyl sites for hydroxylation is 1. The summed E-state index contributed by atoms with van der Waals surface area (Å²) < 4.78 is 5.30. The van der Waals surface area contributed by atoms with Crippen LogP contribution in [0.3, 0.4) is 0 Å². The Kier molecular flexibility index (Phi) is 5.40. The van der Waals surface area contributed by atoms with Crippen LogP contribution in [0, 0.1) is 6.92 Å². The van der Waals surface area contributed by atoms with Gasteiger partial charge in [0.25, 0.3) is 5.91 Å². The zero-order valence-electron chi connectivity index (χ0n) is 14.3. The van der Waals surface area contributed by atoms with Crippen molar-refractivity contribution in [1.82, 2.24) is 4.90 Å². The molecule has 0 aromatic heterocycles. The number of anilines is 1. The molecule has 4 nitrogen and oxygen atoms in total. The molecule has 0 unspecified atom stereocenters. The van der Waals surface area contributed by atoms with Gasteiger partial charge in [0.1, 0.15) is 5.75 Å². The maximum atomic E-state index is 12.8. The van der Waals surface area contributed by atoms with Crippen LogP contribution in [0.15, 0.2) is 36.4 Å². The van der Waals surface area contributed by atoms with Crippen molar-refractivity contribution < 1.29 is 9.53 Å². The van der Waals surface area contributed by atoms with E-state index in [9.17, 15) is 4.79 Å². The molecule has 1 aliphatic heterocycles. The molecule has 1 fully saturated rings. The average Bonchev–Trinajstić information content (AvgIpc) is 2.63. The highest BCUT2D eigenvalue weighted by molar-refractivity contribution is 6.31. The summed E-state index contributed by atoms with van der Waals surface area (Å²) in [5.41, 5.74) is 2.85. The van der Waals surface area contributed by atoms with Gasteiger partial charge in [-0.1, -0.05) is 29.3 Å². The van der Waals surface area contributed by atoms with E-state index in [0.717, 1.165) is 23.8 Å². The van der Waals surface area contributed by atoms with Gasteiger partial charge in [-0.3, -0.25) is 4.79 Å². The first-order chi connectivity index (χ1) is 12.0. The minimum Gasteiger partial charge on any atom is -0.496 e. The monoisotopic (exact) mass is 378 g/mol. The van der Waals surface area contributed by atoms with Gasteiger partial charge in [-0.15, -0.1) is 0 Å². The second-order valence-electron chi connectivity index (χ2n) is 6.05. The fraction of sp³-hybridized carbons (Fsp3) is 0.316. The van der Waals surface area contributed by atoms with Crippen LogP contribution in [-0.2, 0) is 0 Å². The van der Waals surface area contributed by atoms with Crippen molar-refractivity contribution in [2.75, 3.05) is 38.2 Å². The Hall–Kier alpha value is -1.91. The van der Waals surface area contributed by atoms with Gasteiger partial charge in [-0.2, -0.15) is 0 Å². The Morgan fingerprint density at radius 1 is 1.00 bits per heavy atom. The number of ether oxygens (including phenoxy) is 1. The Bertz CT molecular complexity index is 787. The molecule has 2 aromatic rings. The van der Waals surface area contributed by atoms with Crippen molar-refractivity contribution >= 4 is 34.8 Å². The zero-order valence-corrected chi connectivity index (χ0v) is 15.8. The van der Waals surface area contributed by atoms with Crippen LogP contribution in [0.2, 0.25) is 10.0 Å². The van der Waals surface area contributed by atoms with Gasteiger partial charge in [0.05, 0.1) is 12.7 Å². The minimum absolute atomic E-state index is 0.0315. The highest BCUT2D eigenvalue weighted by Crippen LogP contribution is 2.27. The fourth-order valence-electron chi connectivity index (χ4n) is 3.09. The predicted octanol–water partition coefficient (Wildman–Crippen LogP) is 4.27. The molecule has 6 heteroatoms. The third kappa shape index (κ3) is 3.86. The van der Waals surface area contributed by atoms with Crippen molar-refractivity contribution in [2.24, 2.45) is 0 Å². The lowest BCUT2D eigenvalue weighted by molar-refractivity contribution is 0.0743. The number of nitrogens with zero attached hydrogens (tertiary/aromatic N) is 2. The lowest BCUT2D eigenvalue weighted by Gasteiger charge is -2.37. The van der Waals surface area contributed by atoms with Crippen LogP contribution < -0.4 is 9.64 Å². The number of rotatable bonds is 3. The van der Waals surface area contributed by atoms with E-state index in [1.54, 1.807) is 25.3 Å². The lowest BCUT2D eigenvalue weighted by Crippen LogP contribution is -2.49. The van der Waals surface area contributed by atoms with E-state index in [0.29, 0.717) is 29.4 Å². The number of carbonyl (C=O) groups excluding carboxylic acids is 1. The van der Waals surface area contributed by atoms with E-state index in [-0.39, 0.29) is 5.91 Å². The summed E-state index contributed by atoms with van der Waals surface area (Å²) >= 11 is 12.1. The summed E-state index contributed by atoms with van der Waals surface area (Å²) in [7, 11) is 1.54. The van der Waals surface area contributed by atoms with Crippen LogP contribution in [0.5, 0.6) is 5.75 Å². The van der Waals surface area contributed by atoms with Crippen molar-refractivity contribution in [3.8, 4) is 5.75 Å². The highest BCUT2D eigenvalue weighted by atomic mass is 35.5. The molecule has 3 rings (SSSR count). The second kappa shape index (κ2) is 7.54. The van der Waals surface area contributed by atoms with E-state index in [2.05, 4.69) is 11.8 Å². The van der Waals surface area contributed by atoms with E-state index in [1.165, 1.54) is 5.56 Å².